The van der Waals surface area contributed by atoms with Gasteiger partial charge in [-0.1, -0.05) is 122 Å². The van der Waals surface area contributed by atoms with Gasteiger partial charge in [0.1, 0.15) is 0 Å². The second kappa shape index (κ2) is 16.4. The number of aryl methyl sites for hydroxylation is 6. The number of nitrogens with zero attached hydrogens (tertiary/aromatic N) is 3. The van der Waals surface area contributed by atoms with Gasteiger partial charge in [0, 0.05) is 50.4 Å². The van der Waals surface area contributed by atoms with E-state index in [4.69, 9.17) is 11.3 Å². The Balaban J connectivity index is 0.000000226. The molecule has 0 amide bonds. The fraction of sp³-hybridized carbons (Fsp3) is 0.204. The minimum Gasteiger partial charge on any atom is -0.486 e. The number of furan rings is 1. The maximum absolute atomic E-state index is 8.75. The Bertz CT molecular complexity index is 2740. The van der Waals surface area contributed by atoms with Crippen molar-refractivity contribution in [2.45, 2.75) is 66.6 Å². The molecule has 1 radical (unpaired) electrons. The third kappa shape index (κ3) is 8.60. The molecule has 4 aromatic carbocycles. The zero-order valence-corrected chi connectivity index (χ0v) is 33.7. The van der Waals surface area contributed by atoms with Gasteiger partial charge in [0.05, 0.1) is 5.58 Å². The third-order valence-corrected chi connectivity index (χ3v) is 9.52. The van der Waals surface area contributed by atoms with Crippen LogP contribution in [-0.2, 0) is 38.3 Å². The van der Waals surface area contributed by atoms with Crippen LogP contribution in [0.2, 0.25) is 0 Å². The summed E-state index contributed by atoms with van der Waals surface area (Å²) in [6, 6.07) is 41.6. The van der Waals surface area contributed by atoms with Gasteiger partial charge in [-0.2, -0.15) is 0 Å². The molecule has 0 aliphatic rings. The largest absolute Gasteiger partial charge is 0.486 e. The van der Waals surface area contributed by atoms with Crippen LogP contribution in [0.5, 0.6) is 0 Å². The van der Waals surface area contributed by atoms with E-state index in [2.05, 4.69) is 111 Å². The van der Waals surface area contributed by atoms with Crippen LogP contribution in [0.4, 0.5) is 0 Å². The molecule has 0 aliphatic carbocycles. The van der Waals surface area contributed by atoms with E-state index >= 15 is 0 Å². The number of rotatable bonds is 6. The Morgan fingerprint density at radius 3 is 2.30 bits per heavy atom. The first-order chi connectivity index (χ1) is 27.5. The van der Waals surface area contributed by atoms with Gasteiger partial charge in [-0.15, -0.1) is 47.5 Å². The second-order valence-electron chi connectivity index (χ2n) is 14.4. The normalized spacial score (nSPS) is 13.1. The summed E-state index contributed by atoms with van der Waals surface area (Å²) in [5.74, 6) is 0. The average molecular weight is 889 g/mol. The summed E-state index contributed by atoms with van der Waals surface area (Å²) in [6.07, 6.45) is 2.20. The average Bonchev–Trinajstić information content (AvgIpc) is 3.57. The Labute approximate surface area is 340 Å². The van der Waals surface area contributed by atoms with Crippen LogP contribution in [0.15, 0.2) is 126 Å². The van der Waals surface area contributed by atoms with Crippen molar-refractivity contribution in [2.75, 3.05) is 0 Å². The molecule has 0 saturated heterocycles. The Morgan fingerprint density at radius 2 is 1.56 bits per heavy atom. The van der Waals surface area contributed by atoms with Crippen molar-refractivity contribution in [3.8, 4) is 33.6 Å². The summed E-state index contributed by atoms with van der Waals surface area (Å²) in [6.45, 7) is 10.4. The quantitative estimate of drug-likeness (QED) is 0.156. The Morgan fingerprint density at radius 1 is 0.759 bits per heavy atom. The molecule has 0 atom stereocenters. The van der Waals surface area contributed by atoms with E-state index in [1.165, 1.54) is 33.9 Å². The molecule has 0 aliphatic heterocycles. The number of hydrogen-bond donors (Lipinski definition) is 0. The van der Waals surface area contributed by atoms with Crippen LogP contribution in [0.1, 0.15) is 66.7 Å². The van der Waals surface area contributed by atoms with Gasteiger partial charge in [-0.25, -0.2) is 4.98 Å². The summed E-state index contributed by atoms with van der Waals surface area (Å²) in [5, 5.41) is 1.50. The summed E-state index contributed by atoms with van der Waals surface area (Å²) < 4.78 is 46.4. The van der Waals surface area contributed by atoms with Crippen molar-refractivity contribution in [3.05, 3.63) is 173 Å². The molecule has 0 unspecified atom stereocenters. The van der Waals surface area contributed by atoms with Gasteiger partial charge >= 0.3 is 0 Å². The van der Waals surface area contributed by atoms with Gasteiger partial charge in [-0.05, 0) is 90.7 Å². The standard InChI is InChI=1S/C29H27N2O.C20H18N.Ir/c1-19-8-15-24-23-6-5-7-25(27(23)32-28(24)31-19)26-18-21(16-17-30-26)10-9-20-11-13-22(14-12-20)29(2,3)4;1-14-9-10-18(20-11-15(2)16(3)13-21-20)12-19(14)17-7-5-4-6-8-17;/h5-6,8,11-18H,9-10H2,1-4H3;4-9,11-13H,1-3H3;/q2*-1;/i1D3,9D2;;. The maximum atomic E-state index is 8.75. The van der Waals surface area contributed by atoms with Gasteiger partial charge in [0.15, 0.2) is 0 Å². The van der Waals surface area contributed by atoms with E-state index < -0.39 is 13.2 Å². The molecule has 8 aromatic rings. The number of aromatic nitrogens is 3. The van der Waals surface area contributed by atoms with Crippen molar-refractivity contribution in [2.24, 2.45) is 0 Å². The molecule has 0 fully saturated rings. The van der Waals surface area contributed by atoms with E-state index in [-0.39, 0.29) is 43.3 Å². The molecule has 54 heavy (non-hydrogen) atoms. The second-order valence-corrected chi connectivity index (χ2v) is 14.4. The van der Waals surface area contributed by atoms with Crippen molar-refractivity contribution < 1.29 is 31.4 Å². The van der Waals surface area contributed by atoms with E-state index in [1.807, 2.05) is 54.7 Å². The molecular formula is C49H45IrN3O-2. The first-order valence-electron chi connectivity index (χ1n) is 20.3. The van der Waals surface area contributed by atoms with E-state index in [9.17, 15) is 0 Å². The molecule has 8 rings (SSSR count). The Kier molecular flexibility index (Phi) is 9.80. The predicted octanol–water partition coefficient (Wildman–Crippen LogP) is 12.4. The number of benzene rings is 4. The van der Waals surface area contributed by atoms with Crippen LogP contribution >= 0.6 is 0 Å². The molecule has 0 spiro atoms. The van der Waals surface area contributed by atoms with Crippen LogP contribution in [0, 0.1) is 39.8 Å². The number of pyridine rings is 3. The van der Waals surface area contributed by atoms with Crippen molar-refractivity contribution >= 4 is 22.1 Å². The summed E-state index contributed by atoms with van der Waals surface area (Å²) in [5.41, 5.74) is 12.7. The van der Waals surface area contributed by atoms with Crippen LogP contribution in [0.25, 0.3) is 55.7 Å². The molecule has 5 heteroatoms. The first kappa shape index (κ1) is 32.2. The molecule has 273 valence electrons. The summed E-state index contributed by atoms with van der Waals surface area (Å²) in [4.78, 5) is 13.3. The van der Waals surface area contributed by atoms with Gasteiger partial charge in [0.2, 0.25) is 5.71 Å². The molecule has 0 bridgehead atoms. The summed E-state index contributed by atoms with van der Waals surface area (Å²) in [7, 11) is 0. The summed E-state index contributed by atoms with van der Waals surface area (Å²) >= 11 is 0. The number of fused-ring (bicyclic) bond motifs is 3. The molecular weight excluding hydrogens is 839 g/mol. The van der Waals surface area contributed by atoms with Crippen molar-refractivity contribution in [1.29, 1.82) is 0 Å². The smallest absolute Gasteiger partial charge is 0.216 e. The Hall–Kier alpha value is -5.22. The van der Waals surface area contributed by atoms with E-state index in [1.54, 1.807) is 18.3 Å². The SMILES string of the molecule is Cc1cnc(-c2[c-]cc(C)c(-c3ccccc3)c2)cc1C.[2H]C([2H])([2H])c1ccc2c(n1)oc1c(-c3cc(CC([2H])([2H])c4ccc(C(C)(C)C)cc4)ccn3)[c-]ccc12.[Ir]. The molecule has 0 N–H and O–H groups in total. The molecule has 0 saturated carbocycles. The monoisotopic (exact) mass is 889 g/mol. The number of hydrogen-bond acceptors (Lipinski definition) is 4. The van der Waals surface area contributed by atoms with Crippen LogP contribution in [0.3, 0.4) is 0 Å². The zero-order chi connectivity index (χ0) is 41.4. The van der Waals surface area contributed by atoms with E-state index in [0.29, 0.717) is 27.8 Å². The minimum absolute atomic E-state index is 0. The van der Waals surface area contributed by atoms with Crippen LogP contribution in [-0.4, -0.2) is 15.0 Å². The van der Waals surface area contributed by atoms with Crippen molar-refractivity contribution in [3.63, 3.8) is 0 Å². The minimum atomic E-state index is -2.33. The van der Waals surface area contributed by atoms with Crippen LogP contribution < -0.4 is 0 Å². The molecule has 4 aromatic heterocycles. The first-order valence-corrected chi connectivity index (χ1v) is 17.8. The van der Waals surface area contributed by atoms with Crippen molar-refractivity contribution in [1.82, 2.24) is 15.0 Å². The molecule has 4 heterocycles. The maximum Gasteiger partial charge on any atom is 0.216 e. The van der Waals surface area contributed by atoms with Gasteiger partial charge in [0.25, 0.3) is 0 Å². The fourth-order valence-electron chi connectivity index (χ4n) is 6.24. The van der Waals surface area contributed by atoms with Gasteiger partial charge in [-0.3, -0.25) is 0 Å². The fourth-order valence-corrected chi connectivity index (χ4v) is 6.24. The third-order valence-electron chi connectivity index (χ3n) is 9.52. The predicted molar refractivity (Wildman–Crippen MR) is 219 cm³/mol. The van der Waals surface area contributed by atoms with Gasteiger partial charge < -0.3 is 14.4 Å². The van der Waals surface area contributed by atoms with E-state index in [0.717, 1.165) is 27.8 Å². The topological polar surface area (TPSA) is 51.8 Å². The molecule has 4 nitrogen and oxygen atoms in total. The zero-order valence-electron chi connectivity index (χ0n) is 36.3.